The van der Waals surface area contributed by atoms with Gasteiger partial charge in [-0.05, 0) is 5.57 Å². The van der Waals surface area contributed by atoms with E-state index in [0.29, 0.717) is 0 Å². The molecule has 4 rings (SSSR count). The molecule has 2 aromatic heterocycles. The van der Waals surface area contributed by atoms with Crippen LogP contribution < -0.4 is 22.2 Å². The first-order chi connectivity index (χ1) is 18.6. The number of hydrogen-bond donors (Lipinski definition) is 5. The number of thiocarbonyl (C=S) groups is 1. The van der Waals surface area contributed by atoms with Crippen LogP contribution >= 0.6 is 35.3 Å². The van der Waals surface area contributed by atoms with E-state index in [0.717, 1.165) is 20.8 Å². The van der Waals surface area contributed by atoms with Gasteiger partial charge in [-0.3, -0.25) is 28.6 Å². The van der Waals surface area contributed by atoms with E-state index in [1.54, 1.807) is 0 Å². The number of nitrogen functional groups attached to an aromatic ring is 1. The number of oxime groups is 1. The summed E-state index contributed by atoms with van der Waals surface area (Å²) in [5, 5.41) is 32.2. The Bertz CT molecular complexity index is 1540. The van der Waals surface area contributed by atoms with Crippen molar-refractivity contribution in [1.82, 2.24) is 30.0 Å². The molecule has 16 nitrogen and oxygen atoms in total. The van der Waals surface area contributed by atoms with Gasteiger partial charge in [0.25, 0.3) is 11.8 Å². The molecule has 0 saturated carbocycles. The summed E-state index contributed by atoms with van der Waals surface area (Å²) < 4.78 is 0.899. The van der Waals surface area contributed by atoms with Crippen LogP contribution in [0.1, 0.15) is 17.9 Å². The van der Waals surface area contributed by atoms with Gasteiger partial charge in [-0.2, -0.15) is 5.10 Å². The zero-order valence-corrected chi connectivity index (χ0v) is 22.4. The number of nitrogens with one attached hydrogen (secondary N) is 2. The SMILES string of the molecule is CON=C(C(=O)NC1C(=O)N2C(C(=O)O)=C(CC(=S)c3n[nH]c(=O)c(=O)n3CCO)CSC12)c1csc(N)n1. The number of thioether (sulfide) groups is 1. The summed E-state index contributed by atoms with van der Waals surface area (Å²) in [4.78, 5) is 71.7. The molecule has 2 aromatic rings. The molecule has 206 valence electrons. The van der Waals surface area contributed by atoms with Crippen LogP contribution in [0.2, 0.25) is 0 Å². The molecular formula is C20H20N8O8S3. The standard InChI is InChI=1S/C20H20N8O8S3/c1-36-26-10(8-6-39-20(21)22-8)14(30)23-11-16(32)28-12(19(34)35)7(5-38-18(11)28)4-9(37)13-24-25-15(31)17(33)27(13)2-3-29/h6,11,18,29H,2-5H2,1H3,(H2,21,22)(H,23,30)(H,25,31)(H,34,35). The average molecular weight is 597 g/mol. The number of amides is 2. The number of aliphatic hydroxyl groups excluding tert-OH is 1. The number of aromatic nitrogens is 4. The number of carboxylic acid groups (broad SMARTS) is 1. The van der Waals surface area contributed by atoms with Crippen LogP contribution in [0.25, 0.3) is 0 Å². The second kappa shape index (κ2) is 11.4. The van der Waals surface area contributed by atoms with E-state index >= 15 is 0 Å². The molecule has 1 saturated heterocycles. The summed E-state index contributed by atoms with van der Waals surface area (Å²) in [6.45, 7) is -0.718. The van der Waals surface area contributed by atoms with Crippen LogP contribution in [0.3, 0.4) is 0 Å². The molecule has 2 amide bonds. The zero-order valence-electron chi connectivity index (χ0n) is 19.9. The number of fused-ring (bicyclic) bond motifs is 1. The highest BCUT2D eigenvalue weighted by Gasteiger charge is 2.54. The van der Waals surface area contributed by atoms with Crippen molar-refractivity contribution >= 4 is 68.8 Å². The lowest BCUT2D eigenvalue weighted by Crippen LogP contribution is -2.71. The molecule has 1 fully saturated rings. The Kier molecular flexibility index (Phi) is 8.23. The van der Waals surface area contributed by atoms with Crippen LogP contribution in [-0.4, -0.2) is 94.1 Å². The van der Waals surface area contributed by atoms with E-state index in [9.17, 15) is 34.2 Å². The summed E-state index contributed by atoms with van der Waals surface area (Å²) >= 11 is 7.66. The van der Waals surface area contributed by atoms with Gasteiger partial charge in [0.2, 0.25) is 0 Å². The summed E-state index contributed by atoms with van der Waals surface area (Å²) in [6.07, 6.45) is -0.169. The van der Waals surface area contributed by atoms with E-state index < -0.39 is 46.9 Å². The number of aromatic amines is 1. The van der Waals surface area contributed by atoms with Gasteiger partial charge in [-0.15, -0.1) is 23.1 Å². The van der Waals surface area contributed by atoms with Gasteiger partial charge >= 0.3 is 17.1 Å². The lowest BCUT2D eigenvalue weighted by Gasteiger charge is -2.49. The number of H-pyrrole nitrogens is 1. The Morgan fingerprint density at radius 2 is 2.13 bits per heavy atom. The Labute approximate surface area is 231 Å². The largest absolute Gasteiger partial charge is 0.477 e. The summed E-state index contributed by atoms with van der Waals surface area (Å²) in [6, 6.07) is -1.06. The molecular weight excluding hydrogens is 576 g/mol. The highest BCUT2D eigenvalue weighted by molar-refractivity contribution is 8.00. The average Bonchev–Trinajstić information content (AvgIpc) is 3.33. The fourth-order valence-corrected chi connectivity index (χ4v) is 6.17. The van der Waals surface area contributed by atoms with Crippen molar-refractivity contribution < 1.29 is 29.4 Å². The second-order valence-electron chi connectivity index (χ2n) is 7.97. The van der Waals surface area contributed by atoms with Gasteiger partial charge in [-0.25, -0.2) is 14.9 Å². The van der Waals surface area contributed by atoms with Gasteiger partial charge in [-0.1, -0.05) is 17.4 Å². The van der Waals surface area contributed by atoms with Gasteiger partial charge in [0.1, 0.15) is 29.9 Å². The first kappa shape index (κ1) is 28.1. The number of aliphatic hydroxyl groups is 1. The van der Waals surface area contributed by atoms with Gasteiger partial charge in [0.15, 0.2) is 16.7 Å². The predicted octanol–water partition coefficient (Wildman–Crippen LogP) is -2.14. The predicted molar refractivity (Wildman–Crippen MR) is 142 cm³/mol. The molecule has 0 radical (unpaired) electrons. The van der Waals surface area contributed by atoms with Crippen molar-refractivity contribution in [2.75, 3.05) is 25.2 Å². The normalized spacial score (nSPS) is 18.9. The minimum atomic E-state index is -1.39. The molecule has 0 spiro atoms. The number of nitrogens with two attached hydrogens (primary N) is 1. The number of β-lactam (4-membered cyclic amide) rings is 1. The van der Waals surface area contributed by atoms with Crippen LogP contribution in [-0.2, 0) is 25.8 Å². The monoisotopic (exact) mass is 596 g/mol. The van der Waals surface area contributed by atoms with Crippen molar-refractivity contribution in [2.45, 2.75) is 24.4 Å². The fourth-order valence-electron chi connectivity index (χ4n) is 3.94. The van der Waals surface area contributed by atoms with Crippen LogP contribution in [0, 0.1) is 0 Å². The molecule has 6 N–H and O–H groups in total. The number of thiazole rings is 1. The summed E-state index contributed by atoms with van der Waals surface area (Å²) in [7, 11) is 1.23. The molecule has 2 aliphatic heterocycles. The van der Waals surface area contributed by atoms with E-state index in [1.165, 1.54) is 24.3 Å². The van der Waals surface area contributed by atoms with Crippen molar-refractivity contribution in [1.29, 1.82) is 0 Å². The third kappa shape index (κ3) is 5.33. The minimum absolute atomic E-state index is 0.0189. The number of carbonyl (C=O) groups is 3. The number of anilines is 1. The number of rotatable bonds is 10. The topological polar surface area (TPSA) is 235 Å². The highest BCUT2D eigenvalue weighted by atomic mass is 32.2. The molecule has 2 atom stereocenters. The van der Waals surface area contributed by atoms with E-state index in [-0.39, 0.29) is 57.2 Å². The van der Waals surface area contributed by atoms with E-state index in [4.69, 9.17) is 22.8 Å². The lowest BCUT2D eigenvalue weighted by molar-refractivity contribution is -0.150. The van der Waals surface area contributed by atoms with Crippen molar-refractivity contribution in [3.8, 4) is 0 Å². The number of aliphatic carboxylic acids is 1. The summed E-state index contributed by atoms with van der Waals surface area (Å²) in [5.74, 6) is -2.81. The maximum absolute atomic E-state index is 13.0. The van der Waals surface area contributed by atoms with Crippen molar-refractivity contribution in [3.63, 3.8) is 0 Å². The molecule has 2 unspecified atom stereocenters. The van der Waals surface area contributed by atoms with Crippen molar-refractivity contribution in [2.24, 2.45) is 5.16 Å². The maximum Gasteiger partial charge on any atom is 0.352 e. The third-order valence-electron chi connectivity index (χ3n) is 5.60. The molecule has 2 aliphatic rings. The second-order valence-corrected chi connectivity index (χ2v) is 10.5. The van der Waals surface area contributed by atoms with Gasteiger partial charge in [0, 0.05) is 17.6 Å². The Balaban J connectivity index is 1.56. The minimum Gasteiger partial charge on any atom is -0.477 e. The smallest absolute Gasteiger partial charge is 0.352 e. The maximum atomic E-state index is 13.0. The van der Waals surface area contributed by atoms with E-state index in [1.807, 2.05) is 5.10 Å². The van der Waals surface area contributed by atoms with Crippen LogP contribution in [0.5, 0.6) is 0 Å². The fraction of sp³-hybridized carbons (Fsp3) is 0.350. The Morgan fingerprint density at radius 1 is 1.38 bits per heavy atom. The zero-order chi connectivity index (χ0) is 28.4. The number of carboxylic acids is 1. The third-order valence-corrected chi connectivity index (χ3v) is 7.94. The molecule has 0 aliphatic carbocycles. The quantitative estimate of drug-likeness (QED) is 0.0492. The van der Waals surface area contributed by atoms with Crippen LogP contribution in [0.15, 0.2) is 31.4 Å². The van der Waals surface area contributed by atoms with E-state index in [2.05, 4.69) is 20.6 Å². The number of nitrogens with zero attached hydrogens (tertiary/aromatic N) is 5. The number of hydrogen-bond acceptors (Lipinski definition) is 14. The molecule has 0 aromatic carbocycles. The Hall–Kier alpha value is -3.94. The van der Waals surface area contributed by atoms with Gasteiger partial charge in [0.05, 0.1) is 18.0 Å². The lowest BCUT2D eigenvalue weighted by atomic mass is 10.00. The number of carbonyl (C=O) groups excluding carboxylic acids is 2. The molecule has 4 heterocycles. The summed E-state index contributed by atoms with van der Waals surface area (Å²) in [5.41, 5.74) is 3.54. The first-order valence-corrected chi connectivity index (χ1v) is 13.3. The molecule has 0 bridgehead atoms. The molecule has 39 heavy (non-hydrogen) atoms. The first-order valence-electron chi connectivity index (χ1n) is 11.0. The van der Waals surface area contributed by atoms with Gasteiger partial charge < -0.3 is 26.1 Å². The Morgan fingerprint density at radius 3 is 2.74 bits per heavy atom. The van der Waals surface area contributed by atoms with Crippen LogP contribution in [0.4, 0.5) is 5.13 Å². The molecule has 19 heteroatoms. The highest BCUT2D eigenvalue weighted by Crippen LogP contribution is 2.41. The van der Waals surface area contributed by atoms with Crippen molar-refractivity contribution in [3.05, 3.63) is 48.9 Å².